The number of nitrogens with zero attached hydrogens (tertiary/aromatic N) is 1. The van der Waals surface area contributed by atoms with Crippen LogP contribution in [0.1, 0.15) is 0 Å². The summed E-state index contributed by atoms with van der Waals surface area (Å²) in [6.07, 6.45) is 3.54. The molecule has 86 valence electrons. The molecular formula is C12H10ClN3O. The lowest BCUT2D eigenvalue weighted by molar-refractivity contribution is -0.0979. The molecule has 2 heterocycles. The highest BCUT2D eigenvalue weighted by molar-refractivity contribution is 6.32. The van der Waals surface area contributed by atoms with Gasteiger partial charge in [-0.15, -0.1) is 0 Å². The number of halogens is 1. The molecular weight excluding hydrogens is 238 g/mol. The maximum Gasteiger partial charge on any atom is 0.106 e. The Morgan fingerprint density at radius 1 is 1.29 bits per heavy atom. The molecule has 0 unspecified atom stereocenters. The first-order valence-electron chi connectivity index (χ1n) is 4.85. The van der Waals surface area contributed by atoms with E-state index in [-0.39, 0.29) is 0 Å². The Kier molecular flexibility index (Phi) is 2.97. The minimum atomic E-state index is 0.651. The Morgan fingerprint density at radius 2 is 2.06 bits per heavy atom. The number of aromatic amines is 1. The Morgan fingerprint density at radius 3 is 2.82 bits per heavy atom. The van der Waals surface area contributed by atoms with Gasteiger partial charge in [-0.05, 0) is 18.2 Å². The number of hydrogen-bond donors (Lipinski definition) is 2. The molecule has 0 amide bonds. The van der Waals surface area contributed by atoms with E-state index in [2.05, 4.69) is 9.97 Å². The Bertz CT molecular complexity index is 678. The minimum absolute atomic E-state index is 0.651. The third-order valence-electron chi connectivity index (χ3n) is 2.50. The first-order valence-corrected chi connectivity index (χ1v) is 5.23. The van der Waals surface area contributed by atoms with Crippen molar-refractivity contribution in [1.82, 2.24) is 9.97 Å². The predicted molar refractivity (Wildman–Crippen MR) is 70.1 cm³/mol. The number of anilines is 1. The van der Waals surface area contributed by atoms with Gasteiger partial charge in [-0.25, -0.2) is 0 Å². The van der Waals surface area contributed by atoms with Crippen molar-refractivity contribution >= 4 is 45.9 Å². The number of hydrogen-bond acceptors (Lipinski definition) is 3. The molecule has 0 aliphatic carbocycles. The third-order valence-corrected chi connectivity index (χ3v) is 2.72. The van der Waals surface area contributed by atoms with E-state index in [1.807, 2.05) is 18.9 Å². The monoisotopic (exact) mass is 247 g/mol. The fourth-order valence-corrected chi connectivity index (χ4v) is 2.07. The maximum absolute atomic E-state index is 8.00. The number of carbonyl (C=O) groups excluding carboxylic acids is 1. The standard InChI is InChI=1S/C11H8ClN3.CH2O/c12-6-3-8-7-1-2-14-5-10(7)15-11(8)9(13)4-6;1-2/h1-5,15H,13H2;1H2. The van der Waals surface area contributed by atoms with Crippen LogP contribution in [0.2, 0.25) is 5.02 Å². The summed E-state index contributed by atoms with van der Waals surface area (Å²) in [6.45, 7) is 2.00. The van der Waals surface area contributed by atoms with Gasteiger partial charge >= 0.3 is 0 Å². The normalized spacial score (nSPS) is 10.2. The molecule has 5 heteroatoms. The zero-order valence-electron chi connectivity index (χ0n) is 8.90. The Balaban J connectivity index is 0.000000514. The summed E-state index contributed by atoms with van der Waals surface area (Å²) in [4.78, 5) is 15.3. The highest BCUT2D eigenvalue weighted by Gasteiger charge is 2.07. The Labute approximate surface area is 102 Å². The average Bonchev–Trinajstić information content (AvgIpc) is 2.71. The summed E-state index contributed by atoms with van der Waals surface area (Å²) in [6, 6.07) is 5.60. The number of benzene rings is 1. The smallest absolute Gasteiger partial charge is 0.106 e. The van der Waals surface area contributed by atoms with E-state index in [0.29, 0.717) is 10.7 Å². The van der Waals surface area contributed by atoms with Crippen molar-refractivity contribution < 1.29 is 4.79 Å². The molecule has 0 fully saturated rings. The van der Waals surface area contributed by atoms with Crippen LogP contribution in [0.25, 0.3) is 21.8 Å². The van der Waals surface area contributed by atoms with E-state index in [1.165, 1.54) is 0 Å². The summed E-state index contributed by atoms with van der Waals surface area (Å²) in [7, 11) is 0. The summed E-state index contributed by atoms with van der Waals surface area (Å²) < 4.78 is 0. The Hall–Kier alpha value is -2.07. The van der Waals surface area contributed by atoms with Crippen LogP contribution in [0.15, 0.2) is 30.6 Å². The van der Waals surface area contributed by atoms with Crippen molar-refractivity contribution in [2.45, 2.75) is 0 Å². The van der Waals surface area contributed by atoms with E-state index >= 15 is 0 Å². The van der Waals surface area contributed by atoms with Gasteiger partial charge in [0.25, 0.3) is 0 Å². The minimum Gasteiger partial charge on any atom is -0.397 e. The van der Waals surface area contributed by atoms with Gasteiger partial charge in [-0.1, -0.05) is 11.6 Å². The molecule has 0 saturated heterocycles. The quantitative estimate of drug-likeness (QED) is 0.600. The van der Waals surface area contributed by atoms with Gasteiger partial charge in [0.2, 0.25) is 0 Å². The van der Waals surface area contributed by atoms with Gasteiger partial charge in [0.05, 0.1) is 22.9 Å². The van der Waals surface area contributed by atoms with Gasteiger partial charge in [-0.3, -0.25) is 4.98 Å². The molecule has 0 radical (unpaired) electrons. The fourth-order valence-electron chi connectivity index (χ4n) is 1.84. The van der Waals surface area contributed by atoms with Crippen LogP contribution in [0.3, 0.4) is 0 Å². The van der Waals surface area contributed by atoms with Crippen molar-refractivity contribution in [3.63, 3.8) is 0 Å². The highest BCUT2D eigenvalue weighted by Crippen LogP contribution is 2.31. The van der Waals surface area contributed by atoms with Gasteiger partial charge in [-0.2, -0.15) is 0 Å². The maximum atomic E-state index is 8.00. The van der Waals surface area contributed by atoms with Crippen LogP contribution in [0.5, 0.6) is 0 Å². The largest absolute Gasteiger partial charge is 0.397 e. The number of pyridine rings is 1. The predicted octanol–water partition coefficient (Wildman–Crippen LogP) is 2.77. The molecule has 0 atom stereocenters. The van der Waals surface area contributed by atoms with Crippen molar-refractivity contribution in [2.75, 3.05) is 5.73 Å². The number of aromatic nitrogens is 2. The van der Waals surface area contributed by atoms with Gasteiger partial charge in [0, 0.05) is 22.0 Å². The molecule has 2 aromatic heterocycles. The van der Waals surface area contributed by atoms with Crippen molar-refractivity contribution in [2.24, 2.45) is 0 Å². The molecule has 1 aromatic carbocycles. The molecule has 3 aromatic rings. The molecule has 3 N–H and O–H groups in total. The molecule has 0 saturated carbocycles. The SMILES string of the molecule is C=O.Nc1cc(Cl)cc2c1[nH]c1cnccc12. The summed E-state index contributed by atoms with van der Waals surface area (Å²) in [5.41, 5.74) is 8.44. The molecule has 17 heavy (non-hydrogen) atoms. The molecule has 4 nitrogen and oxygen atoms in total. The van der Waals surface area contributed by atoms with Crippen LogP contribution in [-0.4, -0.2) is 16.8 Å². The summed E-state index contributed by atoms with van der Waals surface area (Å²) >= 11 is 5.97. The van der Waals surface area contributed by atoms with Crippen molar-refractivity contribution in [3.05, 3.63) is 35.6 Å². The van der Waals surface area contributed by atoms with Crippen molar-refractivity contribution in [1.29, 1.82) is 0 Å². The highest BCUT2D eigenvalue weighted by atomic mass is 35.5. The number of nitrogens with two attached hydrogens (primary N) is 1. The van der Waals surface area contributed by atoms with E-state index < -0.39 is 0 Å². The molecule has 0 bridgehead atoms. The zero-order chi connectivity index (χ0) is 12.4. The van der Waals surface area contributed by atoms with Crippen LogP contribution < -0.4 is 5.73 Å². The first kappa shape index (κ1) is 11.4. The van der Waals surface area contributed by atoms with Crippen molar-refractivity contribution in [3.8, 4) is 0 Å². The molecule has 0 aliphatic rings. The molecule has 0 spiro atoms. The van der Waals surface area contributed by atoms with Crippen LogP contribution >= 0.6 is 11.6 Å². The molecule has 0 aliphatic heterocycles. The lowest BCUT2D eigenvalue weighted by Gasteiger charge is -1.97. The zero-order valence-corrected chi connectivity index (χ0v) is 9.66. The second kappa shape index (κ2) is 4.43. The second-order valence-electron chi connectivity index (χ2n) is 3.46. The number of carbonyl (C=O) groups is 1. The molecule has 3 rings (SSSR count). The number of H-pyrrole nitrogens is 1. The lowest BCUT2D eigenvalue weighted by Crippen LogP contribution is -1.85. The van der Waals surface area contributed by atoms with Gasteiger partial charge < -0.3 is 15.5 Å². The van der Waals surface area contributed by atoms with Crippen LogP contribution in [-0.2, 0) is 4.79 Å². The van der Waals surface area contributed by atoms with E-state index in [4.69, 9.17) is 22.1 Å². The number of nitrogens with one attached hydrogen (secondary N) is 1. The van der Waals surface area contributed by atoms with E-state index in [1.54, 1.807) is 18.5 Å². The summed E-state index contributed by atoms with van der Waals surface area (Å²) in [5, 5.41) is 2.78. The van der Waals surface area contributed by atoms with E-state index in [9.17, 15) is 0 Å². The average molecular weight is 248 g/mol. The second-order valence-corrected chi connectivity index (χ2v) is 3.90. The topological polar surface area (TPSA) is 71.8 Å². The van der Waals surface area contributed by atoms with Crippen LogP contribution in [0.4, 0.5) is 5.69 Å². The number of rotatable bonds is 0. The van der Waals surface area contributed by atoms with E-state index in [0.717, 1.165) is 21.8 Å². The lowest BCUT2D eigenvalue weighted by atomic mass is 10.2. The number of fused-ring (bicyclic) bond motifs is 3. The first-order chi connectivity index (χ1) is 8.25. The number of nitrogen functional groups attached to an aromatic ring is 1. The fraction of sp³-hybridized carbons (Fsp3) is 0. The van der Waals surface area contributed by atoms with Gasteiger partial charge in [0.1, 0.15) is 6.79 Å². The van der Waals surface area contributed by atoms with Gasteiger partial charge in [0.15, 0.2) is 0 Å². The summed E-state index contributed by atoms with van der Waals surface area (Å²) in [5.74, 6) is 0. The third kappa shape index (κ3) is 1.83. The van der Waals surface area contributed by atoms with Crippen LogP contribution in [0, 0.1) is 0 Å².